The number of non-ortho nitro benzene ring substituents is 1. The summed E-state index contributed by atoms with van der Waals surface area (Å²) in [6, 6.07) is 3.78. The second kappa shape index (κ2) is 8.68. The number of amides is 1. The van der Waals surface area contributed by atoms with Gasteiger partial charge in [-0.25, -0.2) is 0 Å². The van der Waals surface area contributed by atoms with E-state index >= 15 is 0 Å². The molecule has 0 unspecified atom stereocenters. The van der Waals surface area contributed by atoms with Crippen LogP contribution in [-0.4, -0.2) is 31.0 Å². The number of halogens is 2. The second-order valence-corrected chi connectivity index (χ2v) is 4.04. The summed E-state index contributed by atoms with van der Waals surface area (Å²) < 4.78 is 0. The lowest BCUT2D eigenvalue weighted by Crippen LogP contribution is -2.26. The van der Waals surface area contributed by atoms with E-state index in [-0.39, 0.29) is 34.6 Å². The Bertz CT molecular complexity index is 455. The van der Waals surface area contributed by atoms with E-state index in [0.717, 1.165) is 13.0 Å². The van der Waals surface area contributed by atoms with E-state index in [1.165, 1.54) is 18.2 Å². The van der Waals surface area contributed by atoms with Gasteiger partial charge in [-0.05, 0) is 26.1 Å². The third-order valence-corrected chi connectivity index (χ3v) is 2.61. The van der Waals surface area contributed by atoms with E-state index < -0.39 is 4.92 Å². The van der Waals surface area contributed by atoms with Crippen molar-refractivity contribution < 1.29 is 9.72 Å². The van der Waals surface area contributed by atoms with E-state index in [1.807, 2.05) is 7.05 Å². The maximum absolute atomic E-state index is 11.7. The fourth-order valence-electron chi connectivity index (χ4n) is 1.36. The fourth-order valence-corrected chi connectivity index (χ4v) is 1.62. The monoisotopic (exact) mass is 307 g/mol. The summed E-state index contributed by atoms with van der Waals surface area (Å²) in [5, 5.41) is 16.2. The number of hydrogen-bond acceptors (Lipinski definition) is 4. The average Bonchev–Trinajstić information content (AvgIpc) is 2.34. The van der Waals surface area contributed by atoms with E-state index in [9.17, 15) is 14.9 Å². The topological polar surface area (TPSA) is 84.3 Å². The largest absolute Gasteiger partial charge is 0.352 e. The Labute approximate surface area is 122 Å². The van der Waals surface area contributed by atoms with Crippen molar-refractivity contribution in [3.8, 4) is 0 Å². The Morgan fingerprint density at radius 1 is 1.42 bits per heavy atom. The first-order chi connectivity index (χ1) is 8.56. The highest BCUT2D eigenvalue weighted by molar-refractivity contribution is 6.34. The lowest BCUT2D eigenvalue weighted by molar-refractivity contribution is -0.384. The zero-order chi connectivity index (χ0) is 13.5. The number of rotatable bonds is 6. The van der Waals surface area contributed by atoms with Crippen LogP contribution in [0.25, 0.3) is 0 Å². The highest BCUT2D eigenvalue weighted by Gasteiger charge is 2.14. The van der Waals surface area contributed by atoms with E-state index in [0.29, 0.717) is 6.54 Å². The van der Waals surface area contributed by atoms with Crippen LogP contribution in [0.4, 0.5) is 5.69 Å². The average molecular weight is 308 g/mol. The fraction of sp³-hybridized carbons (Fsp3) is 0.364. The zero-order valence-corrected chi connectivity index (χ0v) is 11.9. The van der Waals surface area contributed by atoms with Gasteiger partial charge in [-0.1, -0.05) is 11.6 Å². The van der Waals surface area contributed by atoms with Crippen molar-refractivity contribution in [2.24, 2.45) is 0 Å². The van der Waals surface area contributed by atoms with Gasteiger partial charge in [0.15, 0.2) is 0 Å². The summed E-state index contributed by atoms with van der Waals surface area (Å²) in [6.07, 6.45) is 0.798. The summed E-state index contributed by atoms with van der Waals surface area (Å²) in [7, 11) is 1.83. The van der Waals surface area contributed by atoms with Crippen LogP contribution < -0.4 is 10.6 Å². The summed E-state index contributed by atoms with van der Waals surface area (Å²) in [6.45, 7) is 1.32. The number of benzene rings is 1. The number of carbonyl (C=O) groups excluding carboxylic acids is 1. The van der Waals surface area contributed by atoms with E-state index in [2.05, 4.69) is 10.6 Å². The number of carbonyl (C=O) groups is 1. The SMILES string of the molecule is CNCCCNC(=O)c1ccc([N+](=O)[O-])cc1Cl.Cl. The number of hydrogen-bond donors (Lipinski definition) is 2. The van der Waals surface area contributed by atoms with Crippen LogP contribution in [0, 0.1) is 10.1 Å². The molecule has 0 aliphatic carbocycles. The Hall–Kier alpha value is -1.37. The van der Waals surface area contributed by atoms with Crippen LogP contribution in [-0.2, 0) is 0 Å². The maximum Gasteiger partial charge on any atom is 0.270 e. The third-order valence-electron chi connectivity index (χ3n) is 2.30. The van der Waals surface area contributed by atoms with Crippen LogP contribution in [0.2, 0.25) is 5.02 Å². The van der Waals surface area contributed by atoms with Crippen LogP contribution in [0.15, 0.2) is 18.2 Å². The normalized spacial score (nSPS) is 9.58. The van der Waals surface area contributed by atoms with Crippen molar-refractivity contribution >= 4 is 35.6 Å². The van der Waals surface area contributed by atoms with Crippen LogP contribution in [0.5, 0.6) is 0 Å². The Morgan fingerprint density at radius 2 is 2.11 bits per heavy atom. The molecular weight excluding hydrogens is 293 g/mol. The lowest BCUT2D eigenvalue weighted by atomic mass is 10.2. The molecule has 0 saturated carbocycles. The smallest absolute Gasteiger partial charge is 0.270 e. The molecule has 0 atom stereocenters. The minimum Gasteiger partial charge on any atom is -0.352 e. The molecular formula is C11H15Cl2N3O3. The molecule has 1 aromatic carbocycles. The van der Waals surface area contributed by atoms with Crippen molar-refractivity contribution in [3.05, 3.63) is 38.9 Å². The first-order valence-electron chi connectivity index (χ1n) is 5.43. The molecule has 6 nitrogen and oxygen atoms in total. The Balaban J connectivity index is 0.00000324. The summed E-state index contributed by atoms with van der Waals surface area (Å²) >= 11 is 5.83. The number of nitro groups is 1. The molecule has 1 rings (SSSR count). The first-order valence-corrected chi connectivity index (χ1v) is 5.80. The molecule has 0 spiro atoms. The molecule has 2 N–H and O–H groups in total. The molecule has 0 aromatic heterocycles. The zero-order valence-electron chi connectivity index (χ0n) is 10.3. The molecule has 0 aliphatic rings. The first kappa shape index (κ1) is 17.6. The molecule has 1 aromatic rings. The quantitative estimate of drug-likeness (QED) is 0.478. The van der Waals surface area contributed by atoms with Crippen LogP contribution >= 0.6 is 24.0 Å². The summed E-state index contributed by atoms with van der Waals surface area (Å²) in [5.74, 6) is -0.328. The van der Waals surface area contributed by atoms with Gasteiger partial charge in [0.05, 0.1) is 15.5 Å². The van der Waals surface area contributed by atoms with Crippen molar-refractivity contribution in [2.75, 3.05) is 20.1 Å². The Morgan fingerprint density at radius 3 is 2.63 bits per heavy atom. The van der Waals surface area contributed by atoms with Crippen molar-refractivity contribution in [1.29, 1.82) is 0 Å². The number of nitrogens with zero attached hydrogens (tertiary/aromatic N) is 1. The van der Waals surface area contributed by atoms with E-state index in [1.54, 1.807) is 0 Å². The molecule has 0 saturated heterocycles. The predicted octanol–water partition coefficient (Wildman–Crippen LogP) is 2.01. The number of nitro benzene ring substituents is 1. The lowest BCUT2D eigenvalue weighted by Gasteiger charge is -2.06. The van der Waals surface area contributed by atoms with E-state index in [4.69, 9.17) is 11.6 Å². The minimum atomic E-state index is -0.555. The predicted molar refractivity (Wildman–Crippen MR) is 76.2 cm³/mol. The molecule has 0 radical (unpaired) electrons. The third kappa shape index (κ3) is 5.42. The molecule has 0 bridgehead atoms. The van der Waals surface area contributed by atoms with Gasteiger partial charge in [-0.2, -0.15) is 0 Å². The highest BCUT2D eigenvalue weighted by atomic mass is 35.5. The van der Waals surface area contributed by atoms with Gasteiger partial charge in [0, 0.05) is 18.7 Å². The van der Waals surface area contributed by atoms with Gasteiger partial charge in [0.1, 0.15) is 0 Å². The minimum absolute atomic E-state index is 0. The summed E-state index contributed by atoms with van der Waals surface area (Å²) in [4.78, 5) is 21.7. The van der Waals surface area contributed by atoms with Crippen molar-refractivity contribution in [3.63, 3.8) is 0 Å². The van der Waals surface area contributed by atoms with Crippen molar-refractivity contribution in [1.82, 2.24) is 10.6 Å². The Kier molecular flexibility index (Phi) is 8.06. The van der Waals surface area contributed by atoms with Crippen molar-refractivity contribution in [2.45, 2.75) is 6.42 Å². The molecule has 0 heterocycles. The standard InChI is InChI=1S/C11H14ClN3O3.ClH/c1-13-5-2-6-14-11(16)9-4-3-8(15(17)18)7-10(9)12;/h3-4,7,13H,2,5-6H2,1H3,(H,14,16);1H. The van der Waals surface area contributed by atoms with Crippen LogP contribution in [0.1, 0.15) is 16.8 Å². The van der Waals surface area contributed by atoms with Gasteiger partial charge in [0.25, 0.3) is 11.6 Å². The van der Waals surface area contributed by atoms with Gasteiger partial charge < -0.3 is 10.6 Å². The number of nitrogens with one attached hydrogen (secondary N) is 2. The molecule has 0 fully saturated rings. The van der Waals surface area contributed by atoms with Gasteiger partial charge in [-0.15, -0.1) is 12.4 Å². The molecule has 1 amide bonds. The van der Waals surface area contributed by atoms with Gasteiger partial charge in [-0.3, -0.25) is 14.9 Å². The summed E-state index contributed by atoms with van der Waals surface area (Å²) in [5.41, 5.74) is 0.110. The highest BCUT2D eigenvalue weighted by Crippen LogP contribution is 2.22. The second-order valence-electron chi connectivity index (χ2n) is 3.63. The molecule has 0 aliphatic heterocycles. The van der Waals surface area contributed by atoms with Gasteiger partial charge >= 0.3 is 0 Å². The molecule has 8 heteroatoms. The molecule has 19 heavy (non-hydrogen) atoms. The molecule has 106 valence electrons. The van der Waals surface area contributed by atoms with Gasteiger partial charge in [0.2, 0.25) is 0 Å². The maximum atomic E-state index is 11.7. The van der Waals surface area contributed by atoms with Crippen LogP contribution in [0.3, 0.4) is 0 Å².